The molecule has 0 aliphatic rings. The van der Waals surface area contributed by atoms with Gasteiger partial charge in [-0.15, -0.1) is 0 Å². The van der Waals surface area contributed by atoms with Crippen LogP contribution >= 0.6 is 0 Å². The molecule has 96 valence electrons. The van der Waals surface area contributed by atoms with Crippen LogP contribution in [0.15, 0.2) is 12.2 Å². The summed E-state index contributed by atoms with van der Waals surface area (Å²) in [6.45, 7) is 0.437. The molecule has 0 saturated heterocycles. The summed E-state index contributed by atoms with van der Waals surface area (Å²) in [5, 5.41) is 8.94. The van der Waals surface area contributed by atoms with Gasteiger partial charge in [-0.05, 0) is 6.92 Å². The van der Waals surface area contributed by atoms with Crippen molar-refractivity contribution < 1.29 is 29.0 Å². The molecule has 0 aromatic carbocycles. The SMILES string of the molecule is COC(=O)/C=C/C(=O)OCC(C)(CO)C(N)=O. The van der Waals surface area contributed by atoms with Gasteiger partial charge in [-0.2, -0.15) is 0 Å². The Kier molecular flexibility index (Phi) is 5.90. The number of carbonyl (C=O) groups is 3. The Morgan fingerprint density at radius 2 is 1.82 bits per heavy atom. The third-order valence-corrected chi connectivity index (χ3v) is 2.03. The lowest BCUT2D eigenvalue weighted by molar-refractivity contribution is -0.146. The Bertz CT molecular complexity index is 338. The van der Waals surface area contributed by atoms with E-state index in [1.54, 1.807) is 0 Å². The standard InChI is InChI=1S/C10H15NO6/c1-10(5-12,9(11)15)6-17-8(14)4-3-7(13)16-2/h3-4,12H,5-6H2,1-2H3,(H2,11,15)/b4-3+. The second-order valence-electron chi connectivity index (χ2n) is 3.55. The van der Waals surface area contributed by atoms with E-state index in [0.717, 1.165) is 19.3 Å². The van der Waals surface area contributed by atoms with Crippen LogP contribution in [0.25, 0.3) is 0 Å². The Balaban J connectivity index is 4.29. The number of nitrogens with two attached hydrogens (primary N) is 1. The topological polar surface area (TPSA) is 116 Å². The molecular weight excluding hydrogens is 230 g/mol. The van der Waals surface area contributed by atoms with E-state index in [1.807, 2.05) is 0 Å². The van der Waals surface area contributed by atoms with Crippen LogP contribution < -0.4 is 5.73 Å². The van der Waals surface area contributed by atoms with Crippen molar-refractivity contribution in [1.29, 1.82) is 0 Å². The zero-order valence-corrected chi connectivity index (χ0v) is 9.63. The average Bonchev–Trinajstić information content (AvgIpc) is 2.32. The van der Waals surface area contributed by atoms with Gasteiger partial charge in [-0.25, -0.2) is 9.59 Å². The van der Waals surface area contributed by atoms with Crippen LogP contribution in [0.4, 0.5) is 0 Å². The fourth-order valence-corrected chi connectivity index (χ4v) is 0.677. The molecule has 0 aromatic heterocycles. The van der Waals surface area contributed by atoms with Crippen molar-refractivity contribution in [2.75, 3.05) is 20.3 Å². The number of primary amides is 1. The number of methoxy groups -OCH3 is 1. The molecule has 17 heavy (non-hydrogen) atoms. The molecule has 0 bridgehead atoms. The summed E-state index contributed by atoms with van der Waals surface area (Å²) in [5.74, 6) is -2.33. The number of amides is 1. The maximum absolute atomic E-state index is 11.1. The predicted molar refractivity (Wildman–Crippen MR) is 56.5 cm³/mol. The van der Waals surface area contributed by atoms with Gasteiger partial charge in [0, 0.05) is 12.2 Å². The summed E-state index contributed by atoms with van der Waals surface area (Å²) in [4.78, 5) is 32.7. The summed E-state index contributed by atoms with van der Waals surface area (Å²) in [6.07, 6.45) is 1.73. The second kappa shape index (κ2) is 6.64. The van der Waals surface area contributed by atoms with Crippen LogP contribution in [0.5, 0.6) is 0 Å². The number of carbonyl (C=O) groups excluding carboxylic acids is 3. The van der Waals surface area contributed by atoms with Gasteiger partial charge in [0.1, 0.15) is 12.0 Å². The number of hydrogen-bond acceptors (Lipinski definition) is 6. The van der Waals surface area contributed by atoms with Gasteiger partial charge in [0.05, 0.1) is 13.7 Å². The molecular formula is C10H15NO6. The van der Waals surface area contributed by atoms with Crippen LogP contribution in [-0.4, -0.2) is 43.3 Å². The normalized spacial score (nSPS) is 14.1. The van der Waals surface area contributed by atoms with E-state index in [9.17, 15) is 14.4 Å². The Hall–Kier alpha value is -1.89. The molecule has 0 aromatic rings. The number of aliphatic hydroxyl groups excluding tert-OH is 1. The molecule has 3 N–H and O–H groups in total. The molecule has 1 atom stereocenters. The number of esters is 2. The van der Waals surface area contributed by atoms with Gasteiger partial charge in [-0.1, -0.05) is 0 Å². The molecule has 0 aliphatic carbocycles. The molecule has 1 amide bonds. The zero-order chi connectivity index (χ0) is 13.5. The molecule has 0 saturated carbocycles. The molecule has 0 aliphatic heterocycles. The highest BCUT2D eigenvalue weighted by Gasteiger charge is 2.31. The highest BCUT2D eigenvalue weighted by atomic mass is 16.5. The fourth-order valence-electron chi connectivity index (χ4n) is 0.677. The first kappa shape index (κ1) is 15.1. The number of hydrogen-bond donors (Lipinski definition) is 2. The van der Waals surface area contributed by atoms with Crippen LogP contribution in [0.3, 0.4) is 0 Å². The minimum Gasteiger partial charge on any atom is -0.466 e. The van der Waals surface area contributed by atoms with E-state index in [-0.39, 0.29) is 6.61 Å². The molecule has 7 heteroatoms. The summed E-state index contributed by atoms with van der Waals surface area (Å²) >= 11 is 0. The zero-order valence-electron chi connectivity index (χ0n) is 9.63. The van der Waals surface area contributed by atoms with Crippen LogP contribution in [0, 0.1) is 5.41 Å². The van der Waals surface area contributed by atoms with Gasteiger partial charge >= 0.3 is 11.9 Å². The van der Waals surface area contributed by atoms with E-state index in [0.29, 0.717) is 0 Å². The van der Waals surface area contributed by atoms with Crippen molar-refractivity contribution in [3.63, 3.8) is 0 Å². The molecule has 0 heterocycles. The fraction of sp³-hybridized carbons (Fsp3) is 0.500. The van der Waals surface area contributed by atoms with E-state index in [1.165, 1.54) is 6.92 Å². The van der Waals surface area contributed by atoms with Crippen LogP contribution in [0.1, 0.15) is 6.92 Å². The largest absolute Gasteiger partial charge is 0.466 e. The quantitative estimate of drug-likeness (QED) is 0.446. The third-order valence-electron chi connectivity index (χ3n) is 2.03. The Labute approximate surface area is 98.2 Å². The highest BCUT2D eigenvalue weighted by molar-refractivity contribution is 5.91. The molecule has 0 fully saturated rings. The first-order valence-electron chi connectivity index (χ1n) is 4.69. The van der Waals surface area contributed by atoms with Crippen LogP contribution in [-0.2, 0) is 23.9 Å². The lowest BCUT2D eigenvalue weighted by Gasteiger charge is -2.22. The maximum Gasteiger partial charge on any atom is 0.331 e. The van der Waals surface area contributed by atoms with Crippen molar-refractivity contribution in [2.45, 2.75) is 6.92 Å². The summed E-state index contributed by atoms with van der Waals surface area (Å²) < 4.78 is 8.92. The minimum atomic E-state index is -1.34. The number of ether oxygens (including phenoxy) is 2. The first-order valence-corrected chi connectivity index (χ1v) is 4.69. The Morgan fingerprint density at radius 1 is 1.29 bits per heavy atom. The van der Waals surface area contributed by atoms with Gasteiger partial charge in [0.15, 0.2) is 0 Å². The highest BCUT2D eigenvalue weighted by Crippen LogP contribution is 2.14. The molecule has 0 radical (unpaired) electrons. The number of aliphatic hydroxyl groups is 1. The summed E-state index contributed by atoms with van der Waals surface area (Å²) in [7, 11) is 1.16. The van der Waals surface area contributed by atoms with Crippen LogP contribution in [0.2, 0.25) is 0 Å². The lowest BCUT2D eigenvalue weighted by Crippen LogP contribution is -2.41. The van der Waals surface area contributed by atoms with Gasteiger partial charge in [-0.3, -0.25) is 4.79 Å². The molecule has 1 unspecified atom stereocenters. The maximum atomic E-state index is 11.1. The van der Waals surface area contributed by atoms with E-state index in [2.05, 4.69) is 9.47 Å². The Morgan fingerprint density at radius 3 is 2.24 bits per heavy atom. The van der Waals surface area contributed by atoms with Gasteiger partial charge in [0.2, 0.25) is 5.91 Å². The smallest absolute Gasteiger partial charge is 0.331 e. The van der Waals surface area contributed by atoms with Crippen molar-refractivity contribution in [3.05, 3.63) is 12.2 Å². The van der Waals surface area contributed by atoms with E-state index in [4.69, 9.17) is 10.8 Å². The van der Waals surface area contributed by atoms with Crippen molar-refractivity contribution in [1.82, 2.24) is 0 Å². The van der Waals surface area contributed by atoms with Gasteiger partial charge < -0.3 is 20.3 Å². The monoisotopic (exact) mass is 245 g/mol. The van der Waals surface area contributed by atoms with E-state index >= 15 is 0 Å². The van der Waals surface area contributed by atoms with Crippen molar-refractivity contribution in [3.8, 4) is 0 Å². The summed E-state index contributed by atoms with van der Waals surface area (Å²) in [5.41, 5.74) is 3.69. The van der Waals surface area contributed by atoms with E-state index < -0.39 is 29.9 Å². The average molecular weight is 245 g/mol. The lowest BCUT2D eigenvalue weighted by atomic mass is 9.92. The summed E-state index contributed by atoms with van der Waals surface area (Å²) in [6, 6.07) is 0. The second-order valence-corrected chi connectivity index (χ2v) is 3.55. The first-order chi connectivity index (χ1) is 7.85. The predicted octanol–water partition coefficient (Wildman–Crippen LogP) is -1.26. The molecule has 0 spiro atoms. The third kappa shape index (κ3) is 5.12. The minimum absolute atomic E-state index is 0.372. The van der Waals surface area contributed by atoms with Crippen molar-refractivity contribution >= 4 is 17.8 Å². The number of rotatable bonds is 6. The molecule has 0 rings (SSSR count). The van der Waals surface area contributed by atoms with Gasteiger partial charge in [0.25, 0.3) is 0 Å². The molecule has 7 nitrogen and oxygen atoms in total. The van der Waals surface area contributed by atoms with Crippen molar-refractivity contribution in [2.24, 2.45) is 11.1 Å².